The van der Waals surface area contributed by atoms with Gasteiger partial charge in [-0.2, -0.15) is 0 Å². The van der Waals surface area contributed by atoms with E-state index in [1.54, 1.807) is 6.92 Å². The number of nitrogens with one attached hydrogen (secondary N) is 1. The van der Waals surface area contributed by atoms with Gasteiger partial charge in [0.15, 0.2) is 0 Å². The minimum absolute atomic E-state index is 0.292. The van der Waals surface area contributed by atoms with Crippen LogP contribution in [0, 0.1) is 0 Å². The molecule has 0 radical (unpaired) electrons. The summed E-state index contributed by atoms with van der Waals surface area (Å²) >= 11 is 0. The summed E-state index contributed by atoms with van der Waals surface area (Å²) in [5.41, 5.74) is 0.884. The molecule has 1 rings (SSSR count). The van der Waals surface area contributed by atoms with E-state index in [9.17, 15) is 4.79 Å². The summed E-state index contributed by atoms with van der Waals surface area (Å²) in [6, 6.07) is 8.93. The summed E-state index contributed by atoms with van der Waals surface area (Å²) in [4.78, 5) is 11.2. The molecule has 0 saturated heterocycles. The number of rotatable bonds is 2. The second-order valence-corrected chi connectivity index (χ2v) is 2.61. The molecule has 0 fully saturated rings. The molecule has 2 heteroatoms. The van der Waals surface area contributed by atoms with Gasteiger partial charge in [0.1, 0.15) is 0 Å². The average Bonchev–Trinajstić information content (AvgIpc) is 2.17. The summed E-state index contributed by atoms with van der Waals surface area (Å²) in [5.74, 6) is -0.918. The lowest BCUT2D eigenvalue weighted by molar-refractivity contribution is -0.119. The van der Waals surface area contributed by atoms with Crippen LogP contribution in [0.25, 0.3) is 0 Å². The number of hydrogen-bond donors (Lipinski definition) is 1. The normalized spacial score (nSPS) is 16.9. The van der Waals surface area contributed by atoms with Crippen molar-refractivity contribution in [2.24, 2.45) is 0 Å². The van der Waals surface area contributed by atoms with Gasteiger partial charge in [0.2, 0.25) is 5.91 Å². The van der Waals surface area contributed by atoms with Gasteiger partial charge in [-0.05, 0) is 12.5 Å². The molecule has 0 spiro atoms. The molecule has 1 unspecified atom stereocenters. The van der Waals surface area contributed by atoms with E-state index in [2.05, 4.69) is 5.32 Å². The smallest absolute Gasteiger partial charge is 0.217 e. The van der Waals surface area contributed by atoms with Crippen LogP contribution in [0.4, 0.5) is 0 Å². The maximum atomic E-state index is 11.2. The second kappa shape index (κ2) is 3.90. The van der Waals surface area contributed by atoms with Gasteiger partial charge in [0.25, 0.3) is 0 Å². The van der Waals surface area contributed by atoms with Crippen molar-refractivity contribution in [2.45, 2.75) is 19.8 Å². The highest BCUT2D eigenvalue weighted by atomic mass is 16.1. The van der Waals surface area contributed by atoms with Gasteiger partial charge in [-0.15, -0.1) is 0 Å². The fraction of sp³-hybridized carbons (Fsp3) is 0.300. The van der Waals surface area contributed by atoms with Crippen LogP contribution in [0.2, 0.25) is 0 Å². The maximum Gasteiger partial charge on any atom is 0.217 e. The summed E-state index contributed by atoms with van der Waals surface area (Å²) < 4.78 is 20.7. The van der Waals surface area contributed by atoms with Crippen LogP contribution in [0.15, 0.2) is 30.3 Å². The summed E-state index contributed by atoms with van der Waals surface area (Å²) in [5, 5.41) is 2.43. The maximum absolute atomic E-state index is 11.2. The highest BCUT2D eigenvalue weighted by Crippen LogP contribution is 2.10. The summed E-state index contributed by atoms with van der Waals surface area (Å²) in [7, 11) is 0. The van der Waals surface area contributed by atoms with E-state index in [0.717, 1.165) is 5.56 Å². The molecule has 0 heterocycles. The first kappa shape index (κ1) is 5.36. The fourth-order valence-corrected chi connectivity index (χ4v) is 1.02. The van der Waals surface area contributed by atoms with Gasteiger partial charge in [-0.25, -0.2) is 0 Å². The number of benzene rings is 1. The Morgan fingerprint density at radius 1 is 1.50 bits per heavy atom. The van der Waals surface area contributed by atoms with Gasteiger partial charge in [-0.3, -0.25) is 4.79 Å². The van der Waals surface area contributed by atoms with Crippen LogP contribution < -0.4 is 5.32 Å². The van der Waals surface area contributed by atoms with Crippen molar-refractivity contribution in [3.63, 3.8) is 0 Å². The molecule has 1 aromatic rings. The van der Waals surface area contributed by atoms with Gasteiger partial charge in [0.05, 0.1) is 6.04 Å². The van der Waals surface area contributed by atoms with E-state index < -0.39 is 12.8 Å². The standard InChI is InChI=1S/C10H13NO/c1-8(11-9(2)12)10-6-4-3-5-7-10/h3-8H,1-2H3,(H,11,12)/i2D3. The van der Waals surface area contributed by atoms with Crippen LogP contribution in [0.5, 0.6) is 0 Å². The van der Waals surface area contributed by atoms with Gasteiger partial charge in [-0.1, -0.05) is 30.3 Å². The van der Waals surface area contributed by atoms with Crippen molar-refractivity contribution in [3.8, 4) is 0 Å². The third-order valence-corrected chi connectivity index (χ3v) is 1.65. The molecule has 1 aromatic carbocycles. The lowest BCUT2D eigenvalue weighted by Gasteiger charge is -2.11. The Balaban J connectivity index is 2.65. The van der Waals surface area contributed by atoms with Gasteiger partial charge < -0.3 is 5.32 Å². The zero-order chi connectivity index (χ0) is 11.5. The van der Waals surface area contributed by atoms with Crippen molar-refractivity contribution in [3.05, 3.63) is 35.9 Å². The van der Waals surface area contributed by atoms with E-state index in [-0.39, 0.29) is 6.04 Å². The summed E-state index contributed by atoms with van der Waals surface area (Å²) in [6.07, 6.45) is 0. The molecule has 64 valence electrons. The minimum Gasteiger partial charge on any atom is -0.350 e. The Morgan fingerprint density at radius 3 is 2.75 bits per heavy atom. The molecule has 0 aliphatic heterocycles. The highest BCUT2D eigenvalue weighted by Gasteiger charge is 2.03. The van der Waals surface area contributed by atoms with Crippen LogP contribution in [-0.2, 0) is 4.79 Å². The summed E-state index contributed by atoms with van der Waals surface area (Å²) in [6.45, 7) is -0.831. The third-order valence-electron chi connectivity index (χ3n) is 1.65. The second-order valence-electron chi connectivity index (χ2n) is 2.61. The number of amides is 1. The molecular formula is C10H13NO. The molecule has 0 aliphatic carbocycles. The third kappa shape index (κ3) is 2.38. The monoisotopic (exact) mass is 166 g/mol. The van der Waals surface area contributed by atoms with Crippen molar-refractivity contribution in [1.82, 2.24) is 5.32 Å². The zero-order valence-corrected chi connectivity index (χ0v) is 6.87. The quantitative estimate of drug-likeness (QED) is 0.714. The van der Waals surface area contributed by atoms with E-state index in [1.807, 2.05) is 30.3 Å². The van der Waals surface area contributed by atoms with Crippen LogP contribution >= 0.6 is 0 Å². The van der Waals surface area contributed by atoms with E-state index in [0.29, 0.717) is 0 Å². The Hall–Kier alpha value is -1.31. The largest absolute Gasteiger partial charge is 0.350 e. The minimum atomic E-state index is -2.58. The molecule has 12 heavy (non-hydrogen) atoms. The number of carbonyl (C=O) groups is 1. The Kier molecular flexibility index (Phi) is 1.74. The Labute approximate surface area is 76.8 Å². The predicted octanol–water partition coefficient (Wildman–Crippen LogP) is 1.88. The molecule has 1 amide bonds. The molecule has 0 bridgehead atoms. The molecule has 1 atom stereocenters. The van der Waals surface area contributed by atoms with E-state index >= 15 is 0 Å². The van der Waals surface area contributed by atoms with Gasteiger partial charge in [0, 0.05) is 11.0 Å². The Bertz CT molecular complexity index is 334. The molecule has 0 aromatic heterocycles. The fourth-order valence-electron chi connectivity index (χ4n) is 1.02. The Morgan fingerprint density at radius 2 is 2.17 bits per heavy atom. The lowest BCUT2D eigenvalue weighted by Crippen LogP contribution is -2.23. The molecular weight excluding hydrogens is 150 g/mol. The molecule has 0 saturated carbocycles. The number of carbonyl (C=O) groups excluding carboxylic acids is 1. The first-order valence-electron chi connectivity index (χ1n) is 5.27. The topological polar surface area (TPSA) is 29.1 Å². The molecule has 1 N–H and O–H groups in total. The van der Waals surface area contributed by atoms with Crippen LogP contribution in [0.3, 0.4) is 0 Å². The molecule has 0 aliphatic rings. The van der Waals surface area contributed by atoms with Crippen molar-refractivity contribution in [1.29, 1.82) is 0 Å². The van der Waals surface area contributed by atoms with Crippen molar-refractivity contribution < 1.29 is 8.91 Å². The zero-order valence-electron chi connectivity index (χ0n) is 9.87. The van der Waals surface area contributed by atoms with Crippen molar-refractivity contribution in [2.75, 3.05) is 0 Å². The lowest BCUT2D eigenvalue weighted by atomic mass is 10.1. The molecule has 2 nitrogen and oxygen atoms in total. The first-order chi connectivity index (χ1) is 6.91. The SMILES string of the molecule is [2H]C([2H])([2H])C(=O)NC(C)c1ccccc1. The van der Waals surface area contributed by atoms with Crippen molar-refractivity contribution >= 4 is 5.91 Å². The van der Waals surface area contributed by atoms with E-state index in [4.69, 9.17) is 4.11 Å². The van der Waals surface area contributed by atoms with Crippen LogP contribution in [0.1, 0.15) is 29.5 Å². The highest BCUT2D eigenvalue weighted by molar-refractivity contribution is 5.73. The first-order valence-corrected chi connectivity index (χ1v) is 3.77. The van der Waals surface area contributed by atoms with Crippen LogP contribution in [-0.4, -0.2) is 5.91 Å². The number of hydrogen-bond acceptors (Lipinski definition) is 1. The predicted molar refractivity (Wildman–Crippen MR) is 48.7 cm³/mol. The average molecular weight is 166 g/mol. The van der Waals surface area contributed by atoms with E-state index in [1.165, 1.54) is 0 Å². The van der Waals surface area contributed by atoms with Gasteiger partial charge >= 0.3 is 0 Å².